The molecule has 2 fully saturated rings. The summed E-state index contributed by atoms with van der Waals surface area (Å²) < 4.78 is 0. The molecule has 2 aliphatic rings. The molecule has 2 N–H and O–H groups in total. The highest BCUT2D eigenvalue weighted by Crippen LogP contribution is 2.22. The van der Waals surface area contributed by atoms with E-state index in [9.17, 15) is 4.79 Å². The molecule has 4 nitrogen and oxygen atoms in total. The zero-order valence-electron chi connectivity index (χ0n) is 12.1. The van der Waals surface area contributed by atoms with Gasteiger partial charge >= 0.3 is 0 Å². The van der Waals surface area contributed by atoms with Crippen molar-refractivity contribution in [2.75, 3.05) is 26.2 Å². The topological polar surface area (TPSA) is 49.6 Å². The van der Waals surface area contributed by atoms with Gasteiger partial charge < -0.3 is 10.6 Å². The van der Waals surface area contributed by atoms with Gasteiger partial charge in [0.1, 0.15) is 4.99 Å². The molecular formula is C16H21N3OS. The Hall–Kier alpha value is -1.46. The fraction of sp³-hybridized carbons (Fsp3) is 0.500. The molecule has 1 aromatic carbocycles. The number of thiocarbonyl (C=S) groups is 1. The van der Waals surface area contributed by atoms with Crippen molar-refractivity contribution in [3.63, 3.8) is 0 Å². The van der Waals surface area contributed by atoms with Crippen molar-refractivity contribution in [2.24, 2.45) is 5.73 Å². The van der Waals surface area contributed by atoms with E-state index in [4.69, 9.17) is 18.0 Å². The molecule has 21 heavy (non-hydrogen) atoms. The fourth-order valence-electron chi connectivity index (χ4n) is 3.38. The summed E-state index contributed by atoms with van der Waals surface area (Å²) >= 11 is 4.99. The van der Waals surface area contributed by atoms with Gasteiger partial charge in [0, 0.05) is 36.8 Å². The molecule has 1 atom stereocenters. The van der Waals surface area contributed by atoms with Gasteiger partial charge in [0.15, 0.2) is 0 Å². The standard InChI is InChI=1S/C16H21N3OS/c17-15(21)12-4-1-5-13(10-12)16(20)19-9-3-8-18-7-2-6-14(18)11-19/h1,4-5,10,14H,2-3,6-9,11H2,(H2,17,21). The summed E-state index contributed by atoms with van der Waals surface area (Å²) in [5.74, 6) is 0.0989. The lowest BCUT2D eigenvalue weighted by atomic mass is 10.1. The van der Waals surface area contributed by atoms with Crippen LogP contribution in [0, 0.1) is 0 Å². The SMILES string of the molecule is NC(=S)c1cccc(C(=O)N2CCCN3CCCC3C2)c1. The van der Waals surface area contributed by atoms with Crippen molar-refractivity contribution in [2.45, 2.75) is 25.3 Å². The molecular weight excluding hydrogens is 282 g/mol. The number of benzene rings is 1. The Labute approximate surface area is 130 Å². The third-order valence-electron chi connectivity index (χ3n) is 4.48. The van der Waals surface area contributed by atoms with Crippen LogP contribution in [0.2, 0.25) is 0 Å². The van der Waals surface area contributed by atoms with Crippen LogP contribution in [-0.4, -0.2) is 52.9 Å². The first-order valence-electron chi connectivity index (χ1n) is 7.58. The van der Waals surface area contributed by atoms with Gasteiger partial charge in [0.25, 0.3) is 5.91 Å². The number of hydrogen-bond acceptors (Lipinski definition) is 3. The number of carbonyl (C=O) groups is 1. The molecule has 0 radical (unpaired) electrons. The van der Waals surface area contributed by atoms with E-state index < -0.39 is 0 Å². The Bertz CT molecular complexity index is 560. The van der Waals surface area contributed by atoms with Gasteiger partial charge in [-0.25, -0.2) is 0 Å². The largest absolute Gasteiger partial charge is 0.389 e. The number of hydrogen-bond donors (Lipinski definition) is 1. The third kappa shape index (κ3) is 3.09. The van der Waals surface area contributed by atoms with Crippen LogP contribution in [0.1, 0.15) is 35.2 Å². The van der Waals surface area contributed by atoms with Gasteiger partial charge in [-0.15, -0.1) is 0 Å². The maximum atomic E-state index is 12.7. The highest BCUT2D eigenvalue weighted by molar-refractivity contribution is 7.80. The highest BCUT2D eigenvalue weighted by atomic mass is 32.1. The van der Waals surface area contributed by atoms with E-state index in [2.05, 4.69) is 4.90 Å². The molecule has 2 aliphatic heterocycles. The van der Waals surface area contributed by atoms with Gasteiger partial charge in [-0.1, -0.05) is 24.4 Å². The van der Waals surface area contributed by atoms with Crippen molar-refractivity contribution in [3.05, 3.63) is 35.4 Å². The first-order valence-corrected chi connectivity index (χ1v) is 7.99. The van der Waals surface area contributed by atoms with Gasteiger partial charge in [-0.3, -0.25) is 9.69 Å². The minimum Gasteiger partial charge on any atom is -0.389 e. The lowest BCUT2D eigenvalue weighted by Crippen LogP contribution is -2.39. The second kappa shape index (κ2) is 6.12. The fourth-order valence-corrected chi connectivity index (χ4v) is 3.51. The predicted octanol–water partition coefficient (Wildman–Crippen LogP) is 1.63. The molecule has 3 rings (SSSR count). The molecule has 1 amide bonds. The summed E-state index contributed by atoms with van der Waals surface area (Å²) in [6, 6.07) is 7.89. The van der Waals surface area contributed by atoms with Crippen LogP contribution < -0.4 is 5.73 Å². The van der Waals surface area contributed by atoms with Crippen LogP contribution in [0.15, 0.2) is 24.3 Å². The molecule has 0 aliphatic carbocycles. The average molecular weight is 303 g/mol. The lowest BCUT2D eigenvalue weighted by Gasteiger charge is -2.25. The monoisotopic (exact) mass is 303 g/mol. The predicted molar refractivity (Wildman–Crippen MR) is 87.4 cm³/mol. The van der Waals surface area contributed by atoms with Crippen LogP contribution >= 0.6 is 12.2 Å². The smallest absolute Gasteiger partial charge is 0.253 e. The molecule has 2 saturated heterocycles. The highest BCUT2D eigenvalue weighted by Gasteiger charge is 2.30. The maximum Gasteiger partial charge on any atom is 0.253 e. The second-order valence-electron chi connectivity index (χ2n) is 5.88. The van der Waals surface area contributed by atoms with E-state index in [-0.39, 0.29) is 5.91 Å². The van der Waals surface area contributed by atoms with E-state index in [1.54, 1.807) is 0 Å². The van der Waals surface area contributed by atoms with Crippen molar-refractivity contribution in [1.29, 1.82) is 0 Å². The van der Waals surface area contributed by atoms with Gasteiger partial charge in [-0.2, -0.15) is 0 Å². The quantitative estimate of drug-likeness (QED) is 0.844. The van der Waals surface area contributed by atoms with E-state index in [0.717, 1.165) is 31.6 Å². The average Bonchev–Trinajstić information content (AvgIpc) is 2.83. The molecule has 0 saturated carbocycles. The Kier molecular flexibility index (Phi) is 4.22. The second-order valence-corrected chi connectivity index (χ2v) is 6.32. The molecule has 0 aromatic heterocycles. The Morgan fingerprint density at radius 2 is 1.95 bits per heavy atom. The number of carbonyl (C=O) groups excluding carboxylic acids is 1. The number of fused-ring (bicyclic) bond motifs is 1. The minimum atomic E-state index is 0.0989. The Morgan fingerprint density at radius 1 is 1.19 bits per heavy atom. The van der Waals surface area contributed by atoms with E-state index in [1.165, 1.54) is 19.4 Å². The number of rotatable bonds is 2. The zero-order chi connectivity index (χ0) is 14.8. The number of amides is 1. The van der Waals surface area contributed by atoms with Crippen molar-refractivity contribution < 1.29 is 4.79 Å². The first-order chi connectivity index (χ1) is 10.1. The summed E-state index contributed by atoms with van der Waals surface area (Å²) in [6.07, 6.45) is 3.51. The molecule has 0 spiro atoms. The van der Waals surface area contributed by atoms with E-state index >= 15 is 0 Å². The normalized spacial score (nSPS) is 22.7. The third-order valence-corrected chi connectivity index (χ3v) is 4.72. The summed E-state index contributed by atoms with van der Waals surface area (Å²) in [6.45, 7) is 3.98. The minimum absolute atomic E-state index is 0.0989. The first kappa shape index (κ1) is 14.5. The molecule has 0 bridgehead atoms. The van der Waals surface area contributed by atoms with Crippen LogP contribution in [0.25, 0.3) is 0 Å². The molecule has 112 valence electrons. The molecule has 1 aromatic rings. The van der Waals surface area contributed by atoms with Crippen LogP contribution in [0.4, 0.5) is 0 Å². The Morgan fingerprint density at radius 3 is 2.76 bits per heavy atom. The summed E-state index contributed by atoms with van der Waals surface area (Å²) in [7, 11) is 0. The van der Waals surface area contributed by atoms with Gasteiger partial charge in [-0.05, 0) is 37.9 Å². The van der Waals surface area contributed by atoms with Crippen molar-refractivity contribution in [1.82, 2.24) is 9.80 Å². The van der Waals surface area contributed by atoms with Crippen LogP contribution in [0.5, 0.6) is 0 Å². The van der Waals surface area contributed by atoms with Crippen molar-refractivity contribution in [3.8, 4) is 0 Å². The van der Waals surface area contributed by atoms with Gasteiger partial charge in [0.05, 0.1) is 0 Å². The molecule has 2 heterocycles. The zero-order valence-corrected chi connectivity index (χ0v) is 12.9. The van der Waals surface area contributed by atoms with Gasteiger partial charge in [0.2, 0.25) is 0 Å². The summed E-state index contributed by atoms with van der Waals surface area (Å²) in [5.41, 5.74) is 7.10. The lowest BCUT2D eigenvalue weighted by molar-refractivity contribution is 0.0743. The van der Waals surface area contributed by atoms with Crippen molar-refractivity contribution >= 4 is 23.1 Å². The summed E-state index contributed by atoms with van der Waals surface area (Å²) in [5, 5.41) is 0. The maximum absolute atomic E-state index is 12.7. The molecule has 5 heteroatoms. The van der Waals surface area contributed by atoms with E-state index in [0.29, 0.717) is 16.6 Å². The molecule has 1 unspecified atom stereocenters. The van der Waals surface area contributed by atoms with Crippen LogP contribution in [-0.2, 0) is 0 Å². The van der Waals surface area contributed by atoms with E-state index in [1.807, 2.05) is 29.2 Å². The number of nitrogens with zero attached hydrogens (tertiary/aromatic N) is 2. The van der Waals surface area contributed by atoms with Crippen LogP contribution in [0.3, 0.4) is 0 Å². The summed E-state index contributed by atoms with van der Waals surface area (Å²) in [4.78, 5) is 17.6. The Balaban J connectivity index is 1.77. The number of nitrogens with two attached hydrogens (primary N) is 1.